The largest absolute Gasteiger partial charge is 0.419 e. The lowest BCUT2D eigenvalue weighted by atomic mass is 9.74. The average molecular weight is 458 g/mol. The number of nitro groups is 1. The zero-order valence-electron chi connectivity index (χ0n) is 19.6. The van der Waals surface area contributed by atoms with Crippen LogP contribution in [0.25, 0.3) is 21.9 Å². The fraction of sp³-hybridized carbons (Fsp3) is 0.286. The number of carbonyl (C=O) groups excluding carboxylic acids is 2. The van der Waals surface area contributed by atoms with Gasteiger partial charge in [-0.25, -0.2) is 4.79 Å². The second kappa shape index (κ2) is 9.21. The lowest BCUT2D eigenvalue weighted by Crippen LogP contribution is -2.26. The molecular formula is C28H27NO5. The summed E-state index contributed by atoms with van der Waals surface area (Å²) < 4.78 is 5.70. The Bertz CT molecular complexity index is 1330. The van der Waals surface area contributed by atoms with E-state index in [0.29, 0.717) is 23.1 Å². The molecular weight excluding hydrogens is 430 g/mol. The molecule has 6 heteroatoms. The van der Waals surface area contributed by atoms with E-state index in [1.54, 1.807) is 37.3 Å². The van der Waals surface area contributed by atoms with Crippen LogP contribution in [0.3, 0.4) is 0 Å². The van der Waals surface area contributed by atoms with E-state index in [1.165, 1.54) is 6.07 Å². The number of fused-ring (bicyclic) bond motifs is 1. The molecule has 34 heavy (non-hydrogen) atoms. The molecule has 3 aromatic rings. The first-order chi connectivity index (χ1) is 16.3. The second-order valence-electron chi connectivity index (χ2n) is 8.86. The van der Waals surface area contributed by atoms with Gasteiger partial charge >= 0.3 is 5.97 Å². The topological polar surface area (TPSA) is 86.5 Å². The van der Waals surface area contributed by atoms with E-state index < -0.39 is 10.9 Å². The SMILES string of the molecule is CCC1(CC)C=C(OC(=O)c2cc3ccccc3cc2-c2c(C)cccc2[N+](=O)[O-])C(=O)CC1. The van der Waals surface area contributed by atoms with Crippen LogP contribution in [0.1, 0.15) is 55.5 Å². The number of esters is 1. The minimum absolute atomic E-state index is 0.0679. The summed E-state index contributed by atoms with van der Waals surface area (Å²) in [6.45, 7) is 5.90. The van der Waals surface area contributed by atoms with Crippen LogP contribution in [0.5, 0.6) is 0 Å². The quantitative estimate of drug-likeness (QED) is 0.227. The smallest absolute Gasteiger partial charge is 0.344 e. The van der Waals surface area contributed by atoms with Gasteiger partial charge in [0.05, 0.1) is 16.1 Å². The number of carbonyl (C=O) groups is 2. The second-order valence-corrected chi connectivity index (χ2v) is 8.86. The van der Waals surface area contributed by atoms with Crippen LogP contribution in [-0.4, -0.2) is 16.7 Å². The van der Waals surface area contributed by atoms with Crippen LogP contribution in [-0.2, 0) is 9.53 Å². The molecule has 0 saturated carbocycles. The lowest BCUT2D eigenvalue weighted by Gasteiger charge is -2.32. The normalized spacial score (nSPS) is 15.1. The summed E-state index contributed by atoms with van der Waals surface area (Å²) >= 11 is 0. The van der Waals surface area contributed by atoms with E-state index in [4.69, 9.17) is 4.74 Å². The van der Waals surface area contributed by atoms with Gasteiger partial charge in [0.2, 0.25) is 0 Å². The van der Waals surface area contributed by atoms with Gasteiger partial charge in [-0.3, -0.25) is 14.9 Å². The van der Waals surface area contributed by atoms with Crippen LogP contribution in [0.4, 0.5) is 5.69 Å². The van der Waals surface area contributed by atoms with E-state index in [-0.39, 0.29) is 28.2 Å². The molecule has 0 aliphatic heterocycles. The fourth-order valence-electron chi connectivity index (χ4n) is 4.74. The highest BCUT2D eigenvalue weighted by atomic mass is 16.6. The number of allylic oxidation sites excluding steroid dienone is 2. The van der Waals surface area contributed by atoms with Crippen molar-refractivity contribution in [1.29, 1.82) is 0 Å². The molecule has 174 valence electrons. The highest BCUT2D eigenvalue weighted by molar-refractivity contribution is 6.07. The molecule has 0 amide bonds. The molecule has 0 spiro atoms. The van der Waals surface area contributed by atoms with Crippen molar-refractivity contribution >= 4 is 28.2 Å². The van der Waals surface area contributed by atoms with Gasteiger partial charge < -0.3 is 4.74 Å². The van der Waals surface area contributed by atoms with Crippen LogP contribution in [0.2, 0.25) is 0 Å². The molecule has 0 atom stereocenters. The van der Waals surface area contributed by atoms with Gasteiger partial charge in [-0.05, 0) is 66.1 Å². The number of hydrogen-bond acceptors (Lipinski definition) is 5. The summed E-state index contributed by atoms with van der Waals surface area (Å²) in [5, 5.41) is 13.5. The van der Waals surface area contributed by atoms with Gasteiger partial charge in [-0.1, -0.05) is 50.2 Å². The maximum absolute atomic E-state index is 13.5. The van der Waals surface area contributed by atoms with Crippen molar-refractivity contribution < 1.29 is 19.2 Å². The van der Waals surface area contributed by atoms with E-state index in [1.807, 2.05) is 24.3 Å². The van der Waals surface area contributed by atoms with Gasteiger partial charge in [0.1, 0.15) is 0 Å². The molecule has 0 unspecified atom stereocenters. The number of nitro benzene ring substituents is 1. The van der Waals surface area contributed by atoms with Gasteiger partial charge in [0.15, 0.2) is 11.5 Å². The van der Waals surface area contributed by atoms with Crippen molar-refractivity contribution in [2.24, 2.45) is 5.41 Å². The number of aryl methyl sites for hydroxylation is 1. The zero-order chi connectivity index (χ0) is 24.5. The highest BCUT2D eigenvalue weighted by Crippen LogP contribution is 2.41. The summed E-state index contributed by atoms with van der Waals surface area (Å²) in [5.41, 5.74) is 1.37. The van der Waals surface area contributed by atoms with Crippen molar-refractivity contribution in [3.05, 3.63) is 87.7 Å². The molecule has 3 aromatic carbocycles. The molecule has 0 aromatic heterocycles. The first-order valence-electron chi connectivity index (χ1n) is 11.5. The summed E-state index contributed by atoms with van der Waals surface area (Å²) in [6.07, 6.45) is 4.54. The minimum atomic E-state index is -0.694. The minimum Gasteiger partial charge on any atom is -0.419 e. The molecule has 0 fully saturated rings. The molecule has 1 aliphatic carbocycles. The molecule has 0 radical (unpaired) electrons. The maximum atomic E-state index is 13.5. The Hall–Kier alpha value is -3.80. The molecule has 0 bridgehead atoms. The van der Waals surface area contributed by atoms with E-state index >= 15 is 0 Å². The number of ketones is 1. The molecule has 0 N–H and O–H groups in total. The molecule has 1 aliphatic rings. The zero-order valence-corrected chi connectivity index (χ0v) is 19.6. The highest BCUT2D eigenvalue weighted by Gasteiger charge is 2.34. The van der Waals surface area contributed by atoms with Gasteiger partial charge in [-0.2, -0.15) is 0 Å². The lowest BCUT2D eigenvalue weighted by molar-refractivity contribution is -0.384. The van der Waals surface area contributed by atoms with Crippen LogP contribution >= 0.6 is 0 Å². The molecule has 4 rings (SSSR count). The summed E-state index contributed by atoms with van der Waals surface area (Å²) in [4.78, 5) is 37.5. The van der Waals surface area contributed by atoms with Crippen molar-refractivity contribution in [2.75, 3.05) is 0 Å². The Morgan fingerprint density at radius 3 is 2.38 bits per heavy atom. The molecule has 0 saturated heterocycles. The molecule has 6 nitrogen and oxygen atoms in total. The van der Waals surface area contributed by atoms with Crippen LogP contribution in [0, 0.1) is 22.5 Å². The van der Waals surface area contributed by atoms with Gasteiger partial charge in [-0.15, -0.1) is 0 Å². The van der Waals surface area contributed by atoms with E-state index in [0.717, 1.165) is 30.0 Å². The monoisotopic (exact) mass is 457 g/mol. The Balaban J connectivity index is 1.88. The number of Topliss-reactive ketones (excluding diaryl/α,β-unsaturated/α-hetero) is 1. The number of ether oxygens (including phenoxy) is 1. The predicted octanol–water partition coefficient (Wildman–Crippen LogP) is 6.93. The third-order valence-electron chi connectivity index (χ3n) is 7.00. The van der Waals surface area contributed by atoms with Crippen molar-refractivity contribution in [2.45, 2.75) is 46.5 Å². The molecule has 0 heterocycles. The number of rotatable bonds is 6. The Morgan fingerprint density at radius 1 is 1.06 bits per heavy atom. The van der Waals surface area contributed by atoms with Gasteiger partial charge in [0, 0.05) is 18.1 Å². The fourth-order valence-corrected chi connectivity index (χ4v) is 4.74. The number of nitrogens with zero attached hydrogens (tertiary/aromatic N) is 1. The Morgan fingerprint density at radius 2 is 1.74 bits per heavy atom. The summed E-state index contributed by atoms with van der Waals surface area (Å²) in [5.74, 6) is -0.825. The van der Waals surface area contributed by atoms with Crippen molar-refractivity contribution in [3.63, 3.8) is 0 Å². The first kappa shape index (κ1) is 23.4. The Kier molecular flexibility index (Phi) is 6.33. The maximum Gasteiger partial charge on any atom is 0.344 e. The number of hydrogen-bond donors (Lipinski definition) is 0. The van der Waals surface area contributed by atoms with E-state index in [9.17, 15) is 19.7 Å². The van der Waals surface area contributed by atoms with Crippen molar-refractivity contribution in [1.82, 2.24) is 0 Å². The van der Waals surface area contributed by atoms with Crippen molar-refractivity contribution in [3.8, 4) is 11.1 Å². The predicted molar refractivity (Wildman–Crippen MR) is 132 cm³/mol. The number of benzene rings is 3. The summed E-state index contributed by atoms with van der Waals surface area (Å²) in [7, 11) is 0. The van der Waals surface area contributed by atoms with Crippen LogP contribution < -0.4 is 0 Å². The van der Waals surface area contributed by atoms with E-state index in [2.05, 4.69) is 13.8 Å². The summed E-state index contributed by atoms with van der Waals surface area (Å²) in [6, 6.07) is 15.8. The third kappa shape index (κ3) is 4.23. The standard InChI is InChI=1S/C28H27NO5/c1-4-28(5-2)14-13-24(30)25(17-28)34-27(31)22-16-20-11-7-6-10-19(20)15-21(22)26-18(3)9-8-12-23(26)29(32)33/h6-12,15-17H,4-5,13-14H2,1-3H3. The third-order valence-corrected chi connectivity index (χ3v) is 7.00. The Labute approximate surface area is 198 Å². The first-order valence-corrected chi connectivity index (χ1v) is 11.5. The average Bonchev–Trinajstić information content (AvgIpc) is 2.84. The van der Waals surface area contributed by atoms with Gasteiger partial charge in [0.25, 0.3) is 5.69 Å². The van der Waals surface area contributed by atoms with Crippen LogP contribution in [0.15, 0.2) is 66.4 Å².